The van der Waals surface area contributed by atoms with E-state index in [0.717, 1.165) is 96.3 Å². The number of ether oxygens (including phenoxy) is 3. The topological polar surface area (TPSA) is 78.9 Å². The largest absolute Gasteiger partial charge is 0.462 e. The maximum absolute atomic E-state index is 12.8. The Hall–Kier alpha value is -3.41. The number of hydrogen-bond donors (Lipinski definition) is 0. The number of esters is 3. The molecule has 0 heterocycles. The third-order valence-electron chi connectivity index (χ3n) is 14.6. The first-order chi connectivity index (χ1) is 38.5. The lowest BCUT2D eigenvalue weighted by Gasteiger charge is -2.18. The fraction of sp³-hybridized carbons (Fsp3) is 0.764. The molecule has 0 aliphatic carbocycles. The summed E-state index contributed by atoms with van der Waals surface area (Å²) < 4.78 is 16.8. The molecule has 0 bridgehead atoms. The highest BCUT2D eigenvalue weighted by molar-refractivity contribution is 5.71. The molecule has 1 unspecified atom stereocenters. The Labute approximate surface area is 484 Å². The Balaban J connectivity index is 4.18. The van der Waals surface area contributed by atoms with Gasteiger partial charge in [-0.3, -0.25) is 14.4 Å². The van der Waals surface area contributed by atoms with E-state index in [0.29, 0.717) is 19.3 Å². The van der Waals surface area contributed by atoms with Crippen molar-refractivity contribution in [2.75, 3.05) is 13.2 Å². The van der Waals surface area contributed by atoms with Gasteiger partial charge in [0.05, 0.1) is 0 Å². The van der Waals surface area contributed by atoms with Crippen LogP contribution in [0.2, 0.25) is 0 Å². The van der Waals surface area contributed by atoms with Crippen molar-refractivity contribution in [2.24, 2.45) is 0 Å². The van der Waals surface area contributed by atoms with Crippen molar-refractivity contribution < 1.29 is 28.6 Å². The summed E-state index contributed by atoms with van der Waals surface area (Å²) in [5.74, 6) is -0.992. The third kappa shape index (κ3) is 63.4. The molecule has 0 N–H and O–H groups in total. The number of allylic oxidation sites excluding steroid dienone is 14. The summed E-state index contributed by atoms with van der Waals surface area (Å²) in [6, 6.07) is 0. The molecule has 0 saturated carbocycles. The number of carbonyl (C=O) groups is 3. The van der Waals surface area contributed by atoms with Crippen molar-refractivity contribution in [2.45, 2.75) is 341 Å². The predicted octanol–water partition coefficient (Wildman–Crippen LogP) is 23.1. The van der Waals surface area contributed by atoms with Gasteiger partial charge in [0.15, 0.2) is 6.10 Å². The summed E-state index contributed by atoms with van der Waals surface area (Å²) in [5.41, 5.74) is 0. The first-order valence-corrected chi connectivity index (χ1v) is 33.6. The molecule has 0 saturated heterocycles. The van der Waals surface area contributed by atoms with Crippen LogP contribution in [0.15, 0.2) is 85.1 Å². The van der Waals surface area contributed by atoms with E-state index >= 15 is 0 Å². The van der Waals surface area contributed by atoms with Crippen LogP contribution in [-0.2, 0) is 28.6 Å². The van der Waals surface area contributed by atoms with Crippen LogP contribution in [0.3, 0.4) is 0 Å². The lowest BCUT2D eigenvalue weighted by atomic mass is 10.0. The molecule has 0 aromatic heterocycles. The molecule has 450 valence electrons. The molecule has 0 fully saturated rings. The molecule has 0 aliphatic heterocycles. The van der Waals surface area contributed by atoms with E-state index < -0.39 is 12.1 Å². The van der Waals surface area contributed by atoms with Crippen LogP contribution in [-0.4, -0.2) is 37.2 Å². The highest BCUT2D eigenvalue weighted by atomic mass is 16.6. The fourth-order valence-electron chi connectivity index (χ4n) is 9.65. The zero-order valence-corrected chi connectivity index (χ0v) is 51.7. The van der Waals surface area contributed by atoms with E-state index in [9.17, 15) is 14.4 Å². The number of carbonyl (C=O) groups excluding carboxylic acids is 3. The lowest BCUT2D eigenvalue weighted by molar-refractivity contribution is -0.166. The van der Waals surface area contributed by atoms with Gasteiger partial charge in [0.2, 0.25) is 0 Å². The summed E-state index contributed by atoms with van der Waals surface area (Å²) in [6.45, 7) is 6.43. The molecule has 0 radical (unpaired) electrons. The Morgan fingerprint density at radius 1 is 0.269 bits per heavy atom. The van der Waals surface area contributed by atoms with Crippen LogP contribution >= 0.6 is 0 Å². The second-order valence-corrected chi connectivity index (χ2v) is 22.4. The normalized spacial score (nSPS) is 12.6. The van der Waals surface area contributed by atoms with E-state index in [1.54, 1.807) is 0 Å². The molecule has 0 aliphatic rings. The second kappa shape index (κ2) is 66.1. The van der Waals surface area contributed by atoms with Crippen LogP contribution in [0.25, 0.3) is 0 Å². The maximum Gasteiger partial charge on any atom is 0.306 e. The van der Waals surface area contributed by atoms with E-state index in [1.165, 1.54) is 193 Å². The van der Waals surface area contributed by atoms with E-state index in [-0.39, 0.29) is 31.6 Å². The minimum Gasteiger partial charge on any atom is -0.462 e. The fourth-order valence-corrected chi connectivity index (χ4v) is 9.65. The minimum atomic E-state index is -0.820. The van der Waals surface area contributed by atoms with Crippen LogP contribution in [0.1, 0.15) is 335 Å². The van der Waals surface area contributed by atoms with Gasteiger partial charge >= 0.3 is 17.9 Å². The molecule has 6 nitrogen and oxygen atoms in total. The highest BCUT2D eigenvalue weighted by Gasteiger charge is 2.19. The minimum absolute atomic E-state index is 0.107. The zero-order valence-electron chi connectivity index (χ0n) is 51.7. The van der Waals surface area contributed by atoms with Crippen LogP contribution in [0.4, 0.5) is 0 Å². The molecule has 0 aromatic carbocycles. The predicted molar refractivity (Wildman–Crippen MR) is 339 cm³/mol. The van der Waals surface area contributed by atoms with Crippen molar-refractivity contribution in [1.82, 2.24) is 0 Å². The number of rotatable bonds is 61. The molecule has 0 amide bonds. The summed E-state index contributed by atoms with van der Waals surface area (Å²) in [6.07, 6.45) is 87.9. The lowest BCUT2D eigenvalue weighted by Crippen LogP contribution is -2.30. The molecular formula is C72H126O6. The highest BCUT2D eigenvalue weighted by Crippen LogP contribution is 2.18. The summed E-state index contributed by atoms with van der Waals surface area (Å²) >= 11 is 0. The van der Waals surface area contributed by atoms with E-state index in [1.807, 2.05) is 6.08 Å². The maximum atomic E-state index is 12.8. The number of unbranched alkanes of at least 4 members (excludes halogenated alkanes) is 36. The summed E-state index contributed by atoms with van der Waals surface area (Å²) in [4.78, 5) is 38.2. The molecule has 0 rings (SSSR count). The van der Waals surface area contributed by atoms with Gasteiger partial charge in [0.1, 0.15) is 13.2 Å². The van der Waals surface area contributed by atoms with Gasteiger partial charge in [0.25, 0.3) is 0 Å². The van der Waals surface area contributed by atoms with Gasteiger partial charge < -0.3 is 14.2 Å². The summed E-state index contributed by atoms with van der Waals surface area (Å²) in [5, 5.41) is 0. The quantitative estimate of drug-likeness (QED) is 0.0261. The second-order valence-electron chi connectivity index (χ2n) is 22.4. The molecule has 0 aromatic rings. The molecule has 6 heteroatoms. The Kier molecular flexibility index (Phi) is 63.2. The van der Waals surface area contributed by atoms with Crippen LogP contribution in [0, 0.1) is 0 Å². The molecule has 1 atom stereocenters. The van der Waals surface area contributed by atoms with Crippen molar-refractivity contribution in [1.29, 1.82) is 0 Å². The van der Waals surface area contributed by atoms with Gasteiger partial charge in [-0.05, 0) is 77.0 Å². The van der Waals surface area contributed by atoms with Crippen LogP contribution in [0.5, 0.6) is 0 Å². The van der Waals surface area contributed by atoms with Gasteiger partial charge in [-0.25, -0.2) is 0 Å². The molecular weight excluding hydrogens is 961 g/mol. The number of hydrogen-bond acceptors (Lipinski definition) is 6. The SMILES string of the molecule is CC/C=C\C/C=C\C/C=C\C/C=C\C/C=C\C/C=C\CCC(=O)OC(COC(=O)CCCCCCC/C=C\CCC)COC(=O)CCCCCCCCCCCCCCCCCCCCCCCCCCCCCCCCC. The van der Waals surface area contributed by atoms with Crippen molar-refractivity contribution in [3.05, 3.63) is 85.1 Å². The van der Waals surface area contributed by atoms with Gasteiger partial charge in [0, 0.05) is 19.3 Å². The first-order valence-electron chi connectivity index (χ1n) is 33.6. The standard InChI is InChI=1S/C72H126O6/c1-4-7-10-13-16-19-22-24-26-28-30-31-32-33-34-35-36-37-38-39-40-41-43-44-46-48-50-53-56-59-62-65-71(74)77-68-69(67-76-70(73)64-61-58-55-52-21-18-15-12-9-6-3)78-72(75)66-63-60-57-54-51-49-47-45-42-29-27-25-23-20-17-14-11-8-5-2/h8,11-12,15,17,20,25,27,42,45,49,51,57,60,69H,4-7,9-10,13-14,16,18-19,21-24,26,28-41,43-44,46-48,50,52-56,58-59,61-68H2,1-3H3/b11-8-,15-12-,20-17-,27-25-,45-42-,51-49-,60-57-. The average molecular weight is 1090 g/mol. The monoisotopic (exact) mass is 1090 g/mol. The average Bonchev–Trinajstić information content (AvgIpc) is 3.44. The van der Waals surface area contributed by atoms with Crippen molar-refractivity contribution >= 4 is 17.9 Å². The Morgan fingerprint density at radius 2 is 0.551 bits per heavy atom. The van der Waals surface area contributed by atoms with Crippen molar-refractivity contribution in [3.8, 4) is 0 Å². The van der Waals surface area contributed by atoms with Gasteiger partial charge in [-0.15, -0.1) is 0 Å². The van der Waals surface area contributed by atoms with E-state index in [2.05, 4.69) is 99.8 Å². The van der Waals surface area contributed by atoms with Crippen LogP contribution < -0.4 is 0 Å². The molecule has 0 spiro atoms. The Bertz CT molecular complexity index is 1480. The smallest absolute Gasteiger partial charge is 0.306 e. The van der Waals surface area contributed by atoms with E-state index in [4.69, 9.17) is 14.2 Å². The summed E-state index contributed by atoms with van der Waals surface area (Å²) in [7, 11) is 0. The van der Waals surface area contributed by atoms with Gasteiger partial charge in [-0.1, -0.05) is 324 Å². The van der Waals surface area contributed by atoms with Gasteiger partial charge in [-0.2, -0.15) is 0 Å². The zero-order chi connectivity index (χ0) is 56.4. The van der Waals surface area contributed by atoms with Crippen molar-refractivity contribution in [3.63, 3.8) is 0 Å². The first kappa shape index (κ1) is 74.6. The molecule has 78 heavy (non-hydrogen) atoms. The third-order valence-corrected chi connectivity index (χ3v) is 14.6. The Morgan fingerprint density at radius 3 is 0.885 bits per heavy atom.